The van der Waals surface area contributed by atoms with Crippen LogP contribution in [0.1, 0.15) is 38.6 Å². The Balaban J connectivity index is 1.89. The fraction of sp³-hybridized carbons (Fsp3) is 0.471. The second kappa shape index (κ2) is 8.96. The number of halogens is 1. The van der Waals surface area contributed by atoms with Crippen LogP contribution in [0.25, 0.3) is 0 Å². The zero-order valence-corrected chi connectivity index (χ0v) is 18.7. The van der Waals surface area contributed by atoms with Crippen LogP contribution in [0.4, 0.5) is 5.00 Å². The van der Waals surface area contributed by atoms with E-state index < -0.39 is 0 Å². The Morgan fingerprint density at radius 2 is 2.04 bits per heavy atom. The summed E-state index contributed by atoms with van der Waals surface area (Å²) in [7, 11) is 1.38. The number of esters is 1. The molecule has 2 aromatic rings. The van der Waals surface area contributed by atoms with Gasteiger partial charge in [0.15, 0.2) is 5.11 Å². The van der Waals surface area contributed by atoms with Gasteiger partial charge in [-0.15, -0.1) is 11.3 Å². The van der Waals surface area contributed by atoms with Crippen LogP contribution in [0.2, 0.25) is 0 Å². The van der Waals surface area contributed by atoms with Gasteiger partial charge < -0.3 is 15.4 Å². The molecule has 2 N–H and O–H groups in total. The fourth-order valence-electron chi connectivity index (χ4n) is 2.53. The summed E-state index contributed by atoms with van der Waals surface area (Å²) in [5, 5.41) is 12.0. The second-order valence-corrected chi connectivity index (χ2v) is 8.35. The number of nitrogens with one attached hydrogen (secondary N) is 2. The summed E-state index contributed by atoms with van der Waals surface area (Å²) in [4.78, 5) is 13.1. The molecular formula is C17H23BrN4O2S2. The van der Waals surface area contributed by atoms with Crippen LogP contribution >= 0.6 is 39.5 Å². The maximum Gasteiger partial charge on any atom is 0.341 e. The van der Waals surface area contributed by atoms with Gasteiger partial charge in [-0.05, 0) is 67.8 Å². The van der Waals surface area contributed by atoms with Crippen LogP contribution < -0.4 is 10.6 Å². The van der Waals surface area contributed by atoms with E-state index >= 15 is 0 Å². The molecule has 0 aliphatic rings. The highest BCUT2D eigenvalue weighted by atomic mass is 79.9. The molecule has 26 heavy (non-hydrogen) atoms. The van der Waals surface area contributed by atoms with E-state index in [1.807, 2.05) is 32.4 Å². The van der Waals surface area contributed by atoms with Crippen LogP contribution in [0.3, 0.4) is 0 Å². The number of anilines is 1. The molecule has 0 aliphatic carbocycles. The van der Waals surface area contributed by atoms with E-state index in [4.69, 9.17) is 17.0 Å². The first-order valence-electron chi connectivity index (χ1n) is 8.18. The van der Waals surface area contributed by atoms with Crippen molar-refractivity contribution >= 4 is 55.6 Å². The van der Waals surface area contributed by atoms with E-state index in [1.165, 1.54) is 18.4 Å². The molecule has 2 heterocycles. The lowest BCUT2D eigenvalue weighted by molar-refractivity contribution is 0.0601. The minimum absolute atomic E-state index is 0.354. The third-order valence-electron chi connectivity index (χ3n) is 4.13. The molecule has 2 rings (SSSR count). The topological polar surface area (TPSA) is 68.2 Å². The van der Waals surface area contributed by atoms with Crippen LogP contribution in [0.5, 0.6) is 0 Å². The van der Waals surface area contributed by atoms with Crippen LogP contribution in [0, 0.1) is 27.7 Å². The molecule has 0 spiro atoms. The molecule has 2 aromatic heterocycles. The molecule has 0 saturated carbocycles. The normalized spacial score (nSPS) is 10.7. The highest BCUT2D eigenvalue weighted by molar-refractivity contribution is 9.10. The van der Waals surface area contributed by atoms with Gasteiger partial charge >= 0.3 is 5.97 Å². The molecule has 142 valence electrons. The van der Waals surface area contributed by atoms with E-state index in [1.54, 1.807) is 0 Å². The van der Waals surface area contributed by atoms with Crippen LogP contribution in [-0.4, -0.2) is 34.5 Å². The van der Waals surface area contributed by atoms with Crippen molar-refractivity contribution in [2.45, 2.75) is 40.7 Å². The summed E-state index contributed by atoms with van der Waals surface area (Å²) in [6.45, 7) is 9.42. The maximum atomic E-state index is 12.0. The van der Waals surface area contributed by atoms with Gasteiger partial charge in [-0.3, -0.25) is 4.68 Å². The zero-order valence-electron chi connectivity index (χ0n) is 15.5. The molecule has 0 fully saturated rings. The van der Waals surface area contributed by atoms with E-state index in [2.05, 4.69) is 31.7 Å². The summed E-state index contributed by atoms with van der Waals surface area (Å²) in [6, 6.07) is 0. The number of ether oxygens (including phenoxy) is 1. The number of hydrogen-bond donors (Lipinski definition) is 2. The molecule has 9 heteroatoms. The first-order chi connectivity index (χ1) is 12.3. The number of thiocarbonyl (C=S) groups is 1. The standard InChI is InChI=1S/C17H23BrN4O2S2/c1-9-12(4)26-15(13(9)16(23)24-5)20-17(25)19-7-6-8-22-11(3)14(18)10(2)21-22/h6-8H2,1-5H3,(H2,19,20,25). The third kappa shape index (κ3) is 4.63. The van der Waals surface area contributed by atoms with Crippen LogP contribution in [-0.2, 0) is 11.3 Å². The van der Waals surface area contributed by atoms with Gasteiger partial charge in [-0.25, -0.2) is 4.79 Å². The molecule has 0 aromatic carbocycles. The Morgan fingerprint density at radius 1 is 1.35 bits per heavy atom. The van der Waals surface area contributed by atoms with Gasteiger partial charge in [0, 0.05) is 23.7 Å². The molecule has 0 atom stereocenters. The first kappa shape index (κ1) is 20.9. The fourth-order valence-corrected chi connectivity index (χ4v) is 4.14. The van der Waals surface area contributed by atoms with E-state index in [-0.39, 0.29) is 5.97 Å². The molecule has 6 nitrogen and oxygen atoms in total. The molecule has 0 amide bonds. The number of aryl methyl sites for hydroxylation is 3. The zero-order chi connectivity index (χ0) is 19.4. The molecule has 0 radical (unpaired) electrons. The lowest BCUT2D eigenvalue weighted by Gasteiger charge is -2.11. The quantitative estimate of drug-likeness (QED) is 0.385. The average molecular weight is 459 g/mol. The summed E-state index contributed by atoms with van der Waals surface area (Å²) >= 11 is 10.4. The Kier molecular flexibility index (Phi) is 7.19. The van der Waals surface area contributed by atoms with Crippen molar-refractivity contribution in [3.8, 4) is 0 Å². The number of carbonyl (C=O) groups excluding carboxylic acids is 1. The van der Waals surface area contributed by atoms with Crippen molar-refractivity contribution in [2.75, 3.05) is 19.0 Å². The summed E-state index contributed by atoms with van der Waals surface area (Å²) in [5.74, 6) is -0.354. The second-order valence-electron chi connectivity index (χ2n) is 5.92. The van der Waals surface area contributed by atoms with E-state index in [0.717, 1.165) is 39.3 Å². The molecule has 0 unspecified atom stereocenters. The smallest absolute Gasteiger partial charge is 0.341 e. The minimum atomic E-state index is -0.354. The van der Waals surface area contributed by atoms with Gasteiger partial charge in [0.1, 0.15) is 5.00 Å². The maximum absolute atomic E-state index is 12.0. The number of nitrogens with zero attached hydrogens (tertiary/aromatic N) is 2. The highest BCUT2D eigenvalue weighted by Crippen LogP contribution is 2.32. The molecular weight excluding hydrogens is 436 g/mol. The lowest BCUT2D eigenvalue weighted by Crippen LogP contribution is -2.30. The Hall–Kier alpha value is -1.45. The predicted molar refractivity (Wildman–Crippen MR) is 113 cm³/mol. The largest absolute Gasteiger partial charge is 0.465 e. The van der Waals surface area contributed by atoms with Gasteiger partial charge in [-0.2, -0.15) is 5.10 Å². The first-order valence-corrected chi connectivity index (χ1v) is 10.2. The van der Waals surface area contributed by atoms with Crippen molar-refractivity contribution in [1.29, 1.82) is 0 Å². The van der Waals surface area contributed by atoms with Gasteiger partial charge in [0.05, 0.1) is 22.8 Å². The van der Waals surface area contributed by atoms with E-state index in [0.29, 0.717) is 22.2 Å². The lowest BCUT2D eigenvalue weighted by atomic mass is 10.1. The van der Waals surface area contributed by atoms with Gasteiger partial charge in [-0.1, -0.05) is 0 Å². The van der Waals surface area contributed by atoms with Crippen molar-refractivity contribution in [3.05, 3.63) is 31.9 Å². The van der Waals surface area contributed by atoms with Crippen molar-refractivity contribution in [2.24, 2.45) is 0 Å². The minimum Gasteiger partial charge on any atom is -0.465 e. The van der Waals surface area contributed by atoms with Crippen LogP contribution in [0.15, 0.2) is 4.47 Å². The van der Waals surface area contributed by atoms with Crippen molar-refractivity contribution in [1.82, 2.24) is 15.1 Å². The molecule has 0 aliphatic heterocycles. The van der Waals surface area contributed by atoms with Crippen molar-refractivity contribution in [3.63, 3.8) is 0 Å². The number of carbonyl (C=O) groups is 1. The summed E-state index contributed by atoms with van der Waals surface area (Å²) in [6.07, 6.45) is 0.878. The summed E-state index contributed by atoms with van der Waals surface area (Å²) in [5.41, 5.74) is 3.58. The van der Waals surface area contributed by atoms with Gasteiger partial charge in [0.2, 0.25) is 0 Å². The SMILES string of the molecule is COC(=O)c1c(NC(=S)NCCCn2nc(C)c(Br)c2C)sc(C)c1C. The van der Waals surface area contributed by atoms with Gasteiger partial charge in [0.25, 0.3) is 0 Å². The monoisotopic (exact) mass is 458 g/mol. The number of aromatic nitrogens is 2. The molecule has 0 saturated heterocycles. The van der Waals surface area contributed by atoms with E-state index in [9.17, 15) is 4.79 Å². The predicted octanol–water partition coefficient (Wildman–Crippen LogP) is 4.10. The summed E-state index contributed by atoms with van der Waals surface area (Å²) < 4.78 is 7.92. The average Bonchev–Trinajstić information content (AvgIpc) is 3.01. The Bertz CT molecular complexity index is 829. The Labute approximate surface area is 171 Å². The third-order valence-corrected chi connectivity index (χ3v) is 6.64. The Morgan fingerprint density at radius 3 is 2.62 bits per heavy atom. The number of methoxy groups -OCH3 is 1. The molecule has 0 bridgehead atoms. The highest BCUT2D eigenvalue weighted by Gasteiger charge is 2.20. The van der Waals surface area contributed by atoms with Crippen molar-refractivity contribution < 1.29 is 9.53 Å². The number of hydrogen-bond acceptors (Lipinski definition) is 5. The number of rotatable bonds is 6. The number of thiophene rings is 1.